The van der Waals surface area contributed by atoms with Crippen LogP contribution in [0.4, 0.5) is 17.5 Å². The van der Waals surface area contributed by atoms with Crippen molar-refractivity contribution in [2.75, 3.05) is 28.8 Å². The topological polar surface area (TPSA) is 75.2 Å². The lowest BCUT2D eigenvalue weighted by atomic mass is 10.2. The number of rotatable bonds is 4. The Morgan fingerprint density at radius 1 is 1.21 bits per heavy atom. The highest BCUT2D eigenvalue weighted by molar-refractivity contribution is 7.91. The van der Waals surface area contributed by atoms with E-state index in [9.17, 15) is 8.42 Å². The first-order valence-electron chi connectivity index (χ1n) is 7.95. The van der Waals surface area contributed by atoms with Crippen LogP contribution in [-0.4, -0.2) is 43.0 Å². The fourth-order valence-corrected chi connectivity index (χ4v) is 4.66. The van der Waals surface area contributed by atoms with Crippen molar-refractivity contribution in [2.45, 2.75) is 26.3 Å². The molecule has 2 heterocycles. The molecule has 6 nitrogen and oxygen atoms in total. The summed E-state index contributed by atoms with van der Waals surface area (Å²) in [7, 11) is -1.08. The van der Waals surface area contributed by atoms with Crippen LogP contribution in [0.1, 0.15) is 17.7 Å². The average Bonchev–Trinajstić information content (AvgIpc) is 2.86. The second-order valence-electron chi connectivity index (χ2n) is 6.36. The fourth-order valence-electron chi connectivity index (χ4n) is 2.89. The molecule has 0 amide bonds. The molecule has 128 valence electrons. The van der Waals surface area contributed by atoms with E-state index in [2.05, 4.69) is 15.3 Å². The van der Waals surface area contributed by atoms with Crippen LogP contribution in [0, 0.1) is 13.8 Å². The number of sulfone groups is 1. The zero-order valence-electron chi connectivity index (χ0n) is 14.2. The van der Waals surface area contributed by atoms with Gasteiger partial charge in [-0.1, -0.05) is 12.1 Å². The van der Waals surface area contributed by atoms with Crippen LogP contribution in [0.2, 0.25) is 0 Å². The van der Waals surface area contributed by atoms with Crippen molar-refractivity contribution in [3.05, 3.63) is 41.6 Å². The lowest BCUT2D eigenvalue weighted by Crippen LogP contribution is -2.34. The Bertz CT molecular complexity index is 851. The molecule has 0 aliphatic carbocycles. The van der Waals surface area contributed by atoms with E-state index < -0.39 is 9.84 Å². The molecule has 3 rings (SSSR count). The van der Waals surface area contributed by atoms with Gasteiger partial charge in [-0.05, 0) is 38.0 Å². The third kappa shape index (κ3) is 3.84. The van der Waals surface area contributed by atoms with Gasteiger partial charge >= 0.3 is 0 Å². The summed E-state index contributed by atoms with van der Waals surface area (Å²) in [5, 5.41) is 3.29. The van der Waals surface area contributed by atoms with Gasteiger partial charge in [0.15, 0.2) is 9.84 Å². The number of aromatic nitrogens is 2. The zero-order valence-corrected chi connectivity index (χ0v) is 15.0. The number of nitrogens with zero attached hydrogens (tertiary/aromatic N) is 3. The van der Waals surface area contributed by atoms with Gasteiger partial charge in [0.25, 0.3) is 0 Å². The smallest absolute Gasteiger partial charge is 0.227 e. The zero-order chi connectivity index (χ0) is 17.3. The molecule has 0 bridgehead atoms. The maximum absolute atomic E-state index is 11.7. The van der Waals surface area contributed by atoms with Gasteiger partial charge in [0.2, 0.25) is 5.95 Å². The van der Waals surface area contributed by atoms with E-state index in [0.717, 1.165) is 11.4 Å². The third-order valence-electron chi connectivity index (χ3n) is 4.20. The molecule has 7 heteroatoms. The summed E-state index contributed by atoms with van der Waals surface area (Å²) in [5.41, 5.74) is 2.97. The number of hydrogen-bond donors (Lipinski definition) is 1. The van der Waals surface area contributed by atoms with E-state index >= 15 is 0 Å². The van der Waals surface area contributed by atoms with Gasteiger partial charge in [0.1, 0.15) is 5.82 Å². The Kier molecular flexibility index (Phi) is 4.45. The highest BCUT2D eigenvalue weighted by Crippen LogP contribution is 2.23. The predicted molar refractivity (Wildman–Crippen MR) is 96.7 cm³/mol. The van der Waals surface area contributed by atoms with Gasteiger partial charge in [-0.25, -0.2) is 13.4 Å². The summed E-state index contributed by atoms with van der Waals surface area (Å²) in [6.45, 7) is 3.95. The summed E-state index contributed by atoms with van der Waals surface area (Å²) in [4.78, 5) is 10.9. The van der Waals surface area contributed by atoms with Crippen molar-refractivity contribution < 1.29 is 8.42 Å². The first kappa shape index (κ1) is 16.7. The lowest BCUT2D eigenvalue weighted by Gasteiger charge is -2.24. The van der Waals surface area contributed by atoms with Crippen LogP contribution in [0.25, 0.3) is 0 Å². The summed E-state index contributed by atoms with van der Waals surface area (Å²) >= 11 is 0. The molecule has 0 radical (unpaired) electrons. The SMILES string of the molecule is Cc1cccc(Nc2cc(C)nc(N(C)C3CCS(=O)(=O)C3)n2)c1. The van der Waals surface area contributed by atoms with Crippen LogP contribution in [0.3, 0.4) is 0 Å². The molecule has 1 fully saturated rings. The van der Waals surface area contributed by atoms with Crippen molar-refractivity contribution in [3.63, 3.8) is 0 Å². The second kappa shape index (κ2) is 6.39. The lowest BCUT2D eigenvalue weighted by molar-refractivity contribution is 0.600. The van der Waals surface area contributed by atoms with Crippen LogP contribution in [-0.2, 0) is 9.84 Å². The minimum absolute atomic E-state index is 0.0661. The van der Waals surface area contributed by atoms with Crippen molar-refractivity contribution in [3.8, 4) is 0 Å². The van der Waals surface area contributed by atoms with E-state index in [1.54, 1.807) is 0 Å². The summed E-state index contributed by atoms with van der Waals surface area (Å²) < 4.78 is 23.4. The monoisotopic (exact) mass is 346 g/mol. The maximum atomic E-state index is 11.7. The Morgan fingerprint density at radius 2 is 2.00 bits per heavy atom. The van der Waals surface area contributed by atoms with Gasteiger partial charge in [-0.2, -0.15) is 4.98 Å². The number of anilines is 3. The minimum Gasteiger partial charge on any atom is -0.340 e. The fraction of sp³-hybridized carbons (Fsp3) is 0.412. The molecule has 1 atom stereocenters. The van der Waals surface area contributed by atoms with E-state index in [1.165, 1.54) is 5.56 Å². The Morgan fingerprint density at radius 3 is 2.67 bits per heavy atom. The minimum atomic E-state index is -2.93. The van der Waals surface area contributed by atoms with Crippen LogP contribution in [0.15, 0.2) is 30.3 Å². The van der Waals surface area contributed by atoms with Crippen molar-refractivity contribution in [1.29, 1.82) is 0 Å². The number of benzene rings is 1. The van der Waals surface area contributed by atoms with Gasteiger partial charge in [0.05, 0.1) is 11.5 Å². The van der Waals surface area contributed by atoms with Crippen molar-refractivity contribution in [1.82, 2.24) is 9.97 Å². The molecule has 0 saturated carbocycles. The van der Waals surface area contributed by atoms with Crippen LogP contribution >= 0.6 is 0 Å². The molecule has 1 aliphatic heterocycles. The molecule has 0 spiro atoms. The Balaban J connectivity index is 1.83. The van der Waals surface area contributed by atoms with E-state index in [4.69, 9.17) is 0 Å². The van der Waals surface area contributed by atoms with E-state index in [0.29, 0.717) is 18.2 Å². The number of hydrogen-bond acceptors (Lipinski definition) is 6. The van der Waals surface area contributed by atoms with E-state index in [1.807, 2.05) is 56.1 Å². The van der Waals surface area contributed by atoms with Crippen molar-refractivity contribution >= 4 is 27.3 Å². The first-order chi connectivity index (χ1) is 11.3. The van der Waals surface area contributed by atoms with Crippen molar-refractivity contribution in [2.24, 2.45) is 0 Å². The highest BCUT2D eigenvalue weighted by atomic mass is 32.2. The largest absolute Gasteiger partial charge is 0.340 e. The molecular formula is C17H22N4O2S. The highest BCUT2D eigenvalue weighted by Gasteiger charge is 2.31. The second-order valence-corrected chi connectivity index (χ2v) is 8.59. The van der Waals surface area contributed by atoms with Gasteiger partial charge in [0, 0.05) is 30.5 Å². The third-order valence-corrected chi connectivity index (χ3v) is 5.95. The molecule has 1 aliphatic rings. The maximum Gasteiger partial charge on any atom is 0.227 e. The van der Waals surface area contributed by atoms with Crippen LogP contribution in [0.5, 0.6) is 0 Å². The molecule has 1 unspecified atom stereocenters. The van der Waals surface area contributed by atoms with Gasteiger partial charge in [-0.3, -0.25) is 0 Å². The molecular weight excluding hydrogens is 324 g/mol. The number of aryl methyl sites for hydroxylation is 2. The summed E-state index contributed by atoms with van der Waals surface area (Å²) in [5.74, 6) is 1.66. The van der Waals surface area contributed by atoms with Gasteiger partial charge in [-0.15, -0.1) is 0 Å². The van der Waals surface area contributed by atoms with Crippen LogP contribution < -0.4 is 10.2 Å². The van der Waals surface area contributed by atoms with E-state index in [-0.39, 0.29) is 17.5 Å². The normalized spacial score (nSPS) is 19.2. The molecule has 24 heavy (non-hydrogen) atoms. The number of nitrogens with one attached hydrogen (secondary N) is 1. The molecule has 1 aromatic heterocycles. The quantitative estimate of drug-likeness (QED) is 0.916. The summed E-state index contributed by atoms with van der Waals surface area (Å²) in [6, 6.07) is 9.87. The Labute approximate surface area is 142 Å². The summed E-state index contributed by atoms with van der Waals surface area (Å²) in [6.07, 6.45) is 0.622. The molecule has 1 saturated heterocycles. The standard InChI is InChI=1S/C17H22N4O2S/c1-12-5-4-6-14(9-12)19-16-10-13(2)18-17(20-16)21(3)15-7-8-24(22,23)11-15/h4-6,9-10,15H,7-8,11H2,1-3H3,(H,18,19,20). The average molecular weight is 346 g/mol. The predicted octanol–water partition coefficient (Wildman–Crippen LogP) is 2.46. The molecule has 2 aromatic rings. The first-order valence-corrected chi connectivity index (χ1v) is 9.77. The molecule has 1 N–H and O–H groups in total. The molecule has 1 aromatic carbocycles. The Hall–Kier alpha value is -2.15. The van der Waals surface area contributed by atoms with Gasteiger partial charge < -0.3 is 10.2 Å².